The molecule has 1 saturated heterocycles. The Morgan fingerprint density at radius 3 is 2.50 bits per heavy atom. The Kier molecular flexibility index (Phi) is 8.34. The predicted molar refractivity (Wildman–Crippen MR) is 127 cm³/mol. The van der Waals surface area contributed by atoms with E-state index in [1.807, 2.05) is 6.07 Å². The van der Waals surface area contributed by atoms with E-state index in [9.17, 15) is 13.6 Å². The second-order valence-electron chi connectivity index (χ2n) is 9.09. The van der Waals surface area contributed by atoms with Gasteiger partial charge in [0.15, 0.2) is 11.5 Å². The second kappa shape index (κ2) is 11.6. The van der Waals surface area contributed by atoms with Crippen molar-refractivity contribution in [2.24, 2.45) is 0 Å². The first-order chi connectivity index (χ1) is 16.5. The number of ether oxygens (including phenoxy) is 2. The number of rotatable bonds is 8. The van der Waals surface area contributed by atoms with E-state index >= 15 is 0 Å². The van der Waals surface area contributed by atoms with E-state index in [2.05, 4.69) is 27.2 Å². The Bertz CT molecular complexity index is 982. The summed E-state index contributed by atoms with van der Waals surface area (Å²) in [5, 5.41) is 2.54. The van der Waals surface area contributed by atoms with Crippen molar-refractivity contribution in [3.05, 3.63) is 53.6 Å². The fourth-order valence-corrected chi connectivity index (χ4v) is 4.68. The van der Waals surface area contributed by atoms with Crippen LogP contribution in [0.3, 0.4) is 0 Å². The van der Waals surface area contributed by atoms with Gasteiger partial charge in [-0.25, -0.2) is 8.78 Å². The van der Waals surface area contributed by atoms with Crippen molar-refractivity contribution in [2.45, 2.75) is 44.8 Å². The van der Waals surface area contributed by atoms with Crippen molar-refractivity contribution in [1.82, 2.24) is 9.80 Å². The normalized spacial score (nSPS) is 18.0. The molecule has 6 nitrogen and oxygen atoms in total. The molecule has 184 valence electrons. The molecule has 1 aliphatic carbocycles. The Labute approximate surface area is 199 Å². The zero-order chi connectivity index (χ0) is 23.9. The van der Waals surface area contributed by atoms with Gasteiger partial charge in [0.2, 0.25) is 5.91 Å². The van der Waals surface area contributed by atoms with Crippen molar-refractivity contribution in [2.75, 3.05) is 45.2 Å². The maximum Gasteiger partial charge on any atom is 0.238 e. The summed E-state index contributed by atoms with van der Waals surface area (Å²) in [6.45, 7) is 4.24. The molecule has 1 amide bonds. The highest BCUT2D eigenvalue weighted by Crippen LogP contribution is 2.32. The summed E-state index contributed by atoms with van der Waals surface area (Å²) in [6, 6.07) is 9.28. The minimum absolute atomic E-state index is 0.00187. The Morgan fingerprint density at radius 1 is 0.971 bits per heavy atom. The van der Waals surface area contributed by atoms with Gasteiger partial charge in [-0.05, 0) is 75.0 Å². The van der Waals surface area contributed by atoms with Crippen LogP contribution in [0.25, 0.3) is 0 Å². The van der Waals surface area contributed by atoms with Crippen LogP contribution in [-0.2, 0) is 11.3 Å². The zero-order valence-corrected chi connectivity index (χ0v) is 19.7. The molecule has 0 aromatic heterocycles. The number of halogens is 2. The number of nitrogens with zero attached hydrogens (tertiary/aromatic N) is 2. The minimum Gasteiger partial charge on any atom is -0.493 e. The van der Waals surface area contributed by atoms with Crippen LogP contribution in [0, 0.1) is 11.6 Å². The lowest BCUT2D eigenvalue weighted by molar-refractivity contribution is -0.117. The van der Waals surface area contributed by atoms with Gasteiger partial charge in [0.25, 0.3) is 0 Å². The summed E-state index contributed by atoms with van der Waals surface area (Å²) in [7, 11) is 1.67. The lowest BCUT2D eigenvalue weighted by Crippen LogP contribution is -2.36. The summed E-state index contributed by atoms with van der Waals surface area (Å²) in [5.41, 5.74) is 1.17. The SMILES string of the molecule is COc1ccc(CN2CCCN(CC(=O)Nc3ccc(F)cc3F)CC2)cc1OC1CCCC1. The van der Waals surface area contributed by atoms with Crippen molar-refractivity contribution < 1.29 is 23.0 Å². The van der Waals surface area contributed by atoms with Gasteiger partial charge in [0, 0.05) is 25.7 Å². The smallest absolute Gasteiger partial charge is 0.238 e. The number of hydrogen-bond donors (Lipinski definition) is 1. The maximum atomic E-state index is 13.8. The minimum atomic E-state index is -0.772. The fourth-order valence-electron chi connectivity index (χ4n) is 4.68. The lowest BCUT2D eigenvalue weighted by atomic mass is 10.1. The van der Waals surface area contributed by atoms with Crippen LogP contribution in [0.5, 0.6) is 11.5 Å². The summed E-state index contributed by atoms with van der Waals surface area (Å²) in [4.78, 5) is 16.8. The monoisotopic (exact) mass is 473 g/mol. The number of nitrogens with one attached hydrogen (secondary N) is 1. The van der Waals surface area contributed by atoms with Gasteiger partial charge in [-0.2, -0.15) is 0 Å². The summed E-state index contributed by atoms with van der Waals surface area (Å²) < 4.78 is 38.6. The largest absolute Gasteiger partial charge is 0.493 e. The molecule has 0 radical (unpaired) electrons. The standard InChI is InChI=1S/C26H33F2N3O3/c1-33-24-10-7-19(15-25(24)34-21-5-2-3-6-21)17-30-11-4-12-31(14-13-30)18-26(32)29-23-9-8-20(27)16-22(23)28/h7-10,15-16,21H,2-6,11-14,17-18H2,1H3,(H,29,32). The lowest BCUT2D eigenvalue weighted by Gasteiger charge is -2.22. The predicted octanol–water partition coefficient (Wildman–Crippen LogP) is 4.44. The number of benzene rings is 2. The van der Waals surface area contributed by atoms with Gasteiger partial charge < -0.3 is 14.8 Å². The second-order valence-corrected chi connectivity index (χ2v) is 9.09. The van der Waals surface area contributed by atoms with Crippen LogP contribution in [0.15, 0.2) is 36.4 Å². The number of methoxy groups -OCH3 is 1. The van der Waals surface area contributed by atoms with Crippen LogP contribution in [0.1, 0.15) is 37.7 Å². The molecular weight excluding hydrogens is 440 g/mol. The highest BCUT2D eigenvalue weighted by atomic mass is 19.1. The molecule has 34 heavy (non-hydrogen) atoms. The molecule has 0 unspecified atom stereocenters. The van der Waals surface area contributed by atoms with Gasteiger partial charge in [-0.15, -0.1) is 0 Å². The molecular formula is C26H33F2N3O3. The number of hydrogen-bond acceptors (Lipinski definition) is 5. The van der Waals surface area contributed by atoms with E-state index in [0.717, 1.165) is 75.6 Å². The summed E-state index contributed by atoms with van der Waals surface area (Å²) in [6.07, 6.45) is 5.82. The molecule has 8 heteroatoms. The molecule has 1 N–H and O–H groups in total. The molecule has 2 aromatic carbocycles. The molecule has 4 rings (SSSR count). The third-order valence-electron chi connectivity index (χ3n) is 6.48. The molecule has 1 saturated carbocycles. The molecule has 1 aliphatic heterocycles. The van der Waals surface area contributed by atoms with E-state index in [0.29, 0.717) is 0 Å². The van der Waals surface area contributed by atoms with Crippen molar-refractivity contribution in [1.29, 1.82) is 0 Å². The number of amides is 1. The molecule has 0 bridgehead atoms. The van der Waals surface area contributed by atoms with E-state index < -0.39 is 11.6 Å². The van der Waals surface area contributed by atoms with Crippen molar-refractivity contribution in [3.8, 4) is 11.5 Å². The van der Waals surface area contributed by atoms with Crippen molar-refractivity contribution in [3.63, 3.8) is 0 Å². The molecule has 0 spiro atoms. The Morgan fingerprint density at radius 2 is 1.74 bits per heavy atom. The Balaban J connectivity index is 1.29. The quantitative estimate of drug-likeness (QED) is 0.614. The van der Waals surface area contributed by atoms with Gasteiger partial charge in [0.1, 0.15) is 11.6 Å². The van der Waals surface area contributed by atoms with Crippen LogP contribution >= 0.6 is 0 Å². The molecule has 2 aromatic rings. The maximum absolute atomic E-state index is 13.8. The topological polar surface area (TPSA) is 54.0 Å². The van der Waals surface area contributed by atoms with Crippen LogP contribution < -0.4 is 14.8 Å². The molecule has 0 atom stereocenters. The van der Waals surface area contributed by atoms with Gasteiger partial charge in [0.05, 0.1) is 25.4 Å². The molecule has 2 fully saturated rings. The van der Waals surface area contributed by atoms with Crippen LogP contribution in [0.2, 0.25) is 0 Å². The number of anilines is 1. The first-order valence-electron chi connectivity index (χ1n) is 12.0. The van der Waals surface area contributed by atoms with Gasteiger partial charge >= 0.3 is 0 Å². The molecule has 1 heterocycles. The van der Waals surface area contributed by atoms with E-state index in [1.54, 1.807) is 7.11 Å². The first kappa shape index (κ1) is 24.4. The van der Waals surface area contributed by atoms with E-state index in [4.69, 9.17) is 9.47 Å². The van der Waals surface area contributed by atoms with Crippen molar-refractivity contribution >= 4 is 11.6 Å². The number of carbonyl (C=O) groups excluding carboxylic acids is 1. The van der Waals surface area contributed by atoms with E-state index in [1.165, 1.54) is 24.5 Å². The van der Waals surface area contributed by atoms with Gasteiger partial charge in [-0.1, -0.05) is 6.07 Å². The van der Waals surface area contributed by atoms with Crippen LogP contribution in [0.4, 0.5) is 14.5 Å². The summed E-state index contributed by atoms with van der Waals surface area (Å²) in [5.74, 6) is -0.166. The highest BCUT2D eigenvalue weighted by Gasteiger charge is 2.21. The first-order valence-corrected chi connectivity index (χ1v) is 12.0. The van der Waals surface area contributed by atoms with E-state index in [-0.39, 0.29) is 24.2 Å². The summed E-state index contributed by atoms with van der Waals surface area (Å²) >= 11 is 0. The highest BCUT2D eigenvalue weighted by molar-refractivity contribution is 5.92. The van der Waals surface area contributed by atoms with Crippen LogP contribution in [-0.4, -0.2) is 61.6 Å². The average molecular weight is 474 g/mol. The zero-order valence-electron chi connectivity index (χ0n) is 19.7. The number of carbonyl (C=O) groups is 1. The third-order valence-corrected chi connectivity index (χ3v) is 6.48. The average Bonchev–Trinajstić information content (AvgIpc) is 3.23. The van der Waals surface area contributed by atoms with Gasteiger partial charge in [-0.3, -0.25) is 14.6 Å². The fraction of sp³-hybridized carbons (Fsp3) is 0.500. The molecule has 2 aliphatic rings. The Hall–Kier alpha value is -2.71. The third kappa shape index (κ3) is 6.67.